The lowest BCUT2D eigenvalue weighted by molar-refractivity contribution is 1.16. The molecule has 8 nitrogen and oxygen atoms in total. The van der Waals surface area contributed by atoms with Crippen molar-refractivity contribution in [3.05, 3.63) is 253 Å². The lowest BCUT2D eigenvalue weighted by Gasteiger charge is -2.20. The minimum absolute atomic E-state index is 0.429. The maximum Gasteiger partial charge on any atom is 0.160 e. The van der Waals surface area contributed by atoms with Crippen LogP contribution in [0.15, 0.2) is 231 Å². The van der Waals surface area contributed by atoms with Gasteiger partial charge >= 0.3 is 0 Å². The van der Waals surface area contributed by atoms with Crippen LogP contribution in [-0.4, -0.2) is 19.1 Å². The predicted molar refractivity (Wildman–Crippen MR) is 302 cm³/mol. The fraction of sp³-hybridized carbons (Fsp3) is 0. The molecule has 0 aliphatic rings. The number of hydrogen-bond acceptors (Lipinski definition) is 6. The quantitative estimate of drug-likeness (QED) is 0.149. The van der Waals surface area contributed by atoms with Crippen LogP contribution in [0, 0.1) is 45.3 Å². The monoisotopic (exact) mass is 966 g/mol. The van der Waals surface area contributed by atoms with Gasteiger partial charge in [-0.15, -0.1) is 0 Å². The molecule has 0 N–H and O–H groups in total. The van der Waals surface area contributed by atoms with Gasteiger partial charge in [0, 0.05) is 49.4 Å². The minimum atomic E-state index is 0.429. The molecule has 0 atom stereocenters. The van der Waals surface area contributed by atoms with Crippen LogP contribution in [0.5, 0.6) is 0 Å². The molecule has 0 saturated heterocycles. The second-order valence-electron chi connectivity index (χ2n) is 18.7. The van der Waals surface area contributed by atoms with E-state index in [0.29, 0.717) is 28.1 Å². The topological polar surface area (TPSA) is 131 Å². The van der Waals surface area contributed by atoms with E-state index in [0.717, 1.165) is 116 Å². The van der Waals surface area contributed by atoms with Crippen molar-refractivity contribution in [2.75, 3.05) is 0 Å². The highest BCUT2D eigenvalue weighted by atomic mass is 15.0. The molecular weight excluding hydrogens is 929 g/mol. The summed E-state index contributed by atoms with van der Waals surface area (Å²) in [6.45, 7) is 0. The normalized spacial score (nSPS) is 11.1. The molecule has 0 aliphatic carbocycles. The molecule has 0 fully saturated rings. The Bertz CT molecular complexity index is 4570. The molecule has 76 heavy (non-hydrogen) atoms. The summed E-state index contributed by atoms with van der Waals surface area (Å²) in [5.41, 5.74) is 17.3. The standard InChI is InChI=1S/C68H38N8/c69-39-43-29-44(40-70)32-52(31-43)49-23-26-65-57(35-49)54-17-7-10-20-62(54)75(65)63-21-11-9-19-56(63)59-37-51(61-38-60(47-13-3-1-4-14-47)73-68(74-61)48-15-5-2-6-16-48)25-28-67(59)76-64-22-12-8-18-55(64)58-36-50(24-27-66(58)76)53-33-45(41-71)30-46(34-53)42-72/h1-38H. The smallest absolute Gasteiger partial charge is 0.160 e. The molecule has 3 aromatic heterocycles. The van der Waals surface area contributed by atoms with Gasteiger partial charge in [-0.3, -0.25) is 0 Å². The van der Waals surface area contributed by atoms with Gasteiger partial charge in [-0.25, -0.2) is 9.97 Å². The van der Waals surface area contributed by atoms with Crippen LogP contribution in [0.4, 0.5) is 0 Å². The highest BCUT2D eigenvalue weighted by Crippen LogP contribution is 2.44. The summed E-state index contributed by atoms with van der Waals surface area (Å²) >= 11 is 0. The van der Waals surface area contributed by atoms with Gasteiger partial charge in [0.05, 0.1) is 91.4 Å². The van der Waals surface area contributed by atoms with Gasteiger partial charge in [0.1, 0.15) is 0 Å². The van der Waals surface area contributed by atoms with Crippen molar-refractivity contribution < 1.29 is 0 Å². The van der Waals surface area contributed by atoms with Gasteiger partial charge in [-0.05, 0) is 119 Å². The average molecular weight is 967 g/mol. The fourth-order valence-electron chi connectivity index (χ4n) is 10.7. The van der Waals surface area contributed by atoms with Crippen molar-refractivity contribution in [3.63, 3.8) is 0 Å². The third kappa shape index (κ3) is 7.68. The highest BCUT2D eigenvalue weighted by molar-refractivity contribution is 6.13. The molecule has 10 aromatic carbocycles. The van der Waals surface area contributed by atoms with E-state index in [4.69, 9.17) is 9.97 Å². The lowest BCUT2D eigenvalue weighted by atomic mass is 9.96. The van der Waals surface area contributed by atoms with E-state index in [2.05, 4.69) is 179 Å². The second kappa shape index (κ2) is 18.5. The first-order valence-electron chi connectivity index (χ1n) is 24.7. The zero-order valence-electron chi connectivity index (χ0n) is 40.5. The van der Waals surface area contributed by atoms with E-state index in [9.17, 15) is 21.0 Å². The van der Waals surface area contributed by atoms with Crippen LogP contribution in [0.1, 0.15) is 22.3 Å². The molecule has 0 bridgehead atoms. The van der Waals surface area contributed by atoms with Gasteiger partial charge in [-0.1, -0.05) is 133 Å². The van der Waals surface area contributed by atoms with E-state index < -0.39 is 0 Å². The fourth-order valence-corrected chi connectivity index (χ4v) is 10.7. The van der Waals surface area contributed by atoms with Crippen molar-refractivity contribution in [2.45, 2.75) is 0 Å². The van der Waals surface area contributed by atoms with Crippen LogP contribution in [-0.2, 0) is 0 Å². The number of rotatable bonds is 8. The molecule has 0 radical (unpaired) electrons. The Morgan fingerprint density at radius 2 is 0.697 bits per heavy atom. The first-order chi connectivity index (χ1) is 37.5. The molecule has 8 heteroatoms. The third-order valence-corrected chi connectivity index (χ3v) is 14.2. The second-order valence-corrected chi connectivity index (χ2v) is 18.7. The first-order valence-corrected chi connectivity index (χ1v) is 24.7. The molecule has 0 spiro atoms. The van der Waals surface area contributed by atoms with E-state index in [-0.39, 0.29) is 0 Å². The van der Waals surface area contributed by atoms with Crippen molar-refractivity contribution in [2.24, 2.45) is 0 Å². The summed E-state index contributed by atoms with van der Waals surface area (Å²) < 4.78 is 4.67. The Labute approximate surface area is 437 Å². The van der Waals surface area contributed by atoms with Crippen LogP contribution in [0.25, 0.3) is 122 Å². The third-order valence-electron chi connectivity index (χ3n) is 14.2. The van der Waals surface area contributed by atoms with Gasteiger partial charge < -0.3 is 9.13 Å². The zero-order chi connectivity index (χ0) is 51.3. The van der Waals surface area contributed by atoms with Gasteiger partial charge in [0.15, 0.2) is 5.82 Å². The number of para-hydroxylation sites is 3. The summed E-state index contributed by atoms with van der Waals surface area (Å²) in [4.78, 5) is 10.4. The van der Waals surface area contributed by atoms with Gasteiger partial charge in [-0.2, -0.15) is 21.0 Å². The largest absolute Gasteiger partial charge is 0.309 e. The Hall–Kier alpha value is -11.2. The molecular formula is C68H38N8. The number of benzene rings is 10. The lowest BCUT2D eigenvalue weighted by Crippen LogP contribution is -2.02. The molecule has 3 heterocycles. The van der Waals surface area contributed by atoms with Crippen molar-refractivity contribution in [1.82, 2.24) is 19.1 Å². The molecule has 0 saturated carbocycles. The van der Waals surface area contributed by atoms with E-state index in [1.807, 2.05) is 72.8 Å². The van der Waals surface area contributed by atoms with Crippen molar-refractivity contribution in [1.29, 1.82) is 21.0 Å². The van der Waals surface area contributed by atoms with Crippen LogP contribution < -0.4 is 0 Å². The predicted octanol–water partition coefficient (Wildman–Crippen LogP) is 16.2. The molecule has 13 aromatic rings. The number of aromatic nitrogens is 4. The van der Waals surface area contributed by atoms with E-state index in [1.165, 1.54) is 0 Å². The summed E-state index contributed by atoms with van der Waals surface area (Å²) in [6, 6.07) is 86.6. The first kappa shape index (κ1) is 44.8. The number of nitrogens with zero attached hydrogens (tertiary/aromatic N) is 8. The van der Waals surface area contributed by atoms with E-state index in [1.54, 1.807) is 12.1 Å². The van der Waals surface area contributed by atoms with Crippen LogP contribution in [0.2, 0.25) is 0 Å². The molecule has 0 amide bonds. The number of nitriles is 4. The summed E-state index contributed by atoms with van der Waals surface area (Å²) in [5, 5.41) is 43.7. The summed E-state index contributed by atoms with van der Waals surface area (Å²) in [6.07, 6.45) is 0. The minimum Gasteiger partial charge on any atom is -0.309 e. The average Bonchev–Trinajstić information content (AvgIpc) is 4.12. The molecule has 13 rings (SSSR count). The Balaban J connectivity index is 1.08. The van der Waals surface area contributed by atoms with Gasteiger partial charge in [0.2, 0.25) is 0 Å². The van der Waals surface area contributed by atoms with Gasteiger partial charge in [0.25, 0.3) is 0 Å². The molecule has 0 unspecified atom stereocenters. The Morgan fingerprint density at radius 3 is 1.22 bits per heavy atom. The number of hydrogen-bond donors (Lipinski definition) is 0. The summed E-state index contributed by atoms with van der Waals surface area (Å²) in [5.74, 6) is 0.622. The van der Waals surface area contributed by atoms with Crippen molar-refractivity contribution in [3.8, 4) is 103 Å². The number of fused-ring (bicyclic) bond motifs is 6. The SMILES string of the molecule is N#Cc1cc(C#N)cc(-c2ccc3c(c2)c2ccccc2n3-c2ccccc2-c2cc(-c3cc(-c4ccccc4)nc(-c4ccccc4)n3)ccc2-n2c3ccccc3c3cc(-c4cc(C#N)cc(C#N)c4)ccc32)c1. The Kier molecular flexibility index (Phi) is 10.9. The molecule has 350 valence electrons. The van der Waals surface area contributed by atoms with E-state index >= 15 is 0 Å². The van der Waals surface area contributed by atoms with Crippen LogP contribution in [0.3, 0.4) is 0 Å². The highest BCUT2D eigenvalue weighted by Gasteiger charge is 2.23. The maximum absolute atomic E-state index is 9.90. The summed E-state index contributed by atoms with van der Waals surface area (Å²) in [7, 11) is 0. The Morgan fingerprint density at radius 1 is 0.276 bits per heavy atom. The van der Waals surface area contributed by atoms with Crippen molar-refractivity contribution >= 4 is 43.6 Å². The zero-order valence-corrected chi connectivity index (χ0v) is 40.5. The molecule has 0 aliphatic heterocycles. The maximum atomic E-state index is 9.90. The van der Waals surface area contributed by atoms with Crippen LogP contribution >= 0.6 is 0 Å².